The second-order valence-corrected chi connectivity index (χ2v) is 6.45. The topological polar surface area (TPSA) is 38.3 Å². The average molecular weight is 287 g/mol. The third kappa shape index (κ3) is 2.48. The van der Waals surface area contributed by atoms with Crippen molar-refractivity contribution in [3.8, 4) is 0 Å². The van der Waals surface area contributed by atoms with E-state index in [-0.39, 0.29) is 12.0 Å². The molecule has 0 unspecified atom stereocenters. The molecule has 0 saturated heterocycles. The number of ether oxygens (including phenoxy) is 1. The van der Waals surface area contributed by atoms with Crippen LogP contribution in [0.15, 0.2) is 24.3 Å². The highest BCUT2D eigenvalue weighted by atomic mass is 16.5. The lowest BCUT2D eigenvalue weighted by atomic mass is 9.81. The summed E-state index contributed by atoms with van der Waals surface area (Å²) < 4.78 is 5.32. The number of esters is 1. The predicted octanol–water partition coefficient (Wildman–Crippen LogP) is 3.69. The fourth-order valence-electron chi connectivity index (χ4n) is 3.97. The molecule has 1 aromatic rings. The molecule has 0 aromatic heterocycles. The summed E-state index contributed by atoms with van der Waals surface area (Å²) in [6.07, 6.45) is 6.47. The van der Waals surface area contributed by atoms with E-state index in [0.29, 0.717) is 12.5 Å². The molecule has 0 amide bonds. The zero-order valence-corrected chi connectivity index (χ0v) is 13.0. The maximum Gasteiger partial charge on any atom is 0.330 e. The Morgan fingerprint density at radius 1 is 1.29 bits per heavy atom. The van der Waals surface area contributed by atoms with E-state index in [9.17, 15) is 4.79 Å². The van der Waals surface area contributed by atoms with Crippen LogP contribution in [0.1, 0.15) is 63.1 Å². The molecule has 1 saturated carbocycles. The Labute approximate surface area is 127 Å². The first kappa shape index (κ1) is 14.6. The van der Waals surface area contributed by atoms with Crippen molar-refractivity contribution in [2.75, 3.05) is 6.61 Å². The molecule has 1 fully saturated rings. The lowest BCUT2D eigenvalue weighted by Crippen LogP contribution is -2.45. The Bertz CT molecular complexity index is 522. The van der Waals surface area contributed by atoms with Crippen molar-refractivity contribution in [3.05, 3.63) is 35.4 Å². The first-order valence-corrected chi connectivity index (χ1v) is 8.21. The van der Waals surface area contributed by atoms with Crippen LogP contribution < -0.4 is 5.32 Å². The molecule has 1 aromatic carbocycles. The fraction of sp³-hybridized carbons (Fsp3) is 0.611. The molecular weight excluding hydrogens is 262 g/mol. The zero-order chi connectivity index (χ0) is 14.9. The van der Waals surface area contributed by atoms with Crippen LogP contribution in [0.3, 0.4) is 0 Å². The van der Waals surface area contributed by atoms with Gasteiger partial charge in [0.15, 0.2) is 0 Å². The summed E-state index contributed by atoms with van der Waals surface area (Å²) in [7, 11) is 0. The lowest BCUT2D eigenvalue weighted by Gasteiger charge is -2.31. The normalized spacial score (nSPS) is 29.1. The Morgan fingerprint density at radius 2 is 2.00 bits per heavy atom. The molecule has 114 valence electrons. The van der Waals surface area contributed by atoms with E-state index < -0.39 is 5.54 Å². The first-order chi connectivity index (χ1) is 10.2. The highest BCUT2D eigenvalue weighted by Crippen LogP contribution is 2.45. The smallest absolute Gasteiger partial charge is 0.330 e. The standard InChI is InChI=1S/C18H25NO2/c1-3-21-17(20)18(2)15-12-8-7-11-14(15)16(19-18)13-9-5-4-6-10-13/h7-8,11-13,16,19H,3-6,9-10H2,1-2H3/t16-,18-/m1/s1. The number of rotatable bonds is 3. The van der Waals surface area contributed by atoms with Crippen LogP contribution in [-0.2, 0) is 15.1 Å². The van der Waals surface area contributed by atoms with Crippen LogP contribution in [0.2, 0.25) is 0 Å². The van der Waals surface area contributed by atoms with E-state index in [1.807, 2.05) is 19.9 Å². The minimum absolute atomic E-state index is 0.157. The van der Waals surface area contributed by atoms with Crippen LogP contribution in [0.25, 0.3) is 0 Å². The van der Waals surface area contributed by atoms with E-state index in [1.165, 1.54) is 37.7 Å². The molecule has 0 bridgehead atoms. The van der Waals surface area contributed by atoms with E-state index >= 15 is 0 Å². The van der Waals surface area contributed by atoms with E-state index in [4.69, 9.17) is 4.74 Å². The summed E-state index contributed by atoms with van der Waals surface area (Å²) in [5, 5.41) is 3.61. The molecule has 2 atom stereocenters. The lowest BCUT2D eigenvalue weighted by molar-refractivity contribution is -0.151. The summed E-state index contributed by atoms with van der Waals surface area (Å²) >= 11 is 0. The SMILES string of the molecule is CCOC(=O)[C@]1(C)N[C@H](C2CCCCC2)c2ccccc21. The van der Waals surface area contributed by atoms with Crippen molar-refractivity contribution in [2.24, 2.45) is 5.92 Å². The van der Waals surface area contributed by atoms with Gasteiger partial charge in [-0.3, -0.25) is 5.32 Å². The summed E-state index contributed by atoms with van der Waals surface area (Å²) in [5.74, 6) is 0.479. The Kier molecular flexibility index (Phi) is 4.03. The summed E-state index contributed by atoms with van der Waals surface area (Å²) in [4.78, 5) is 12.5. The van der Waals surface area contributed by atoms with Crippen LogP contribution in [-0.4, -0.2) is 12.6 Å². The van der Waals surface area contributed by atoms with E-state index in [2.05, 4.69) is 23.5 Å². The number of carbonyl (C=O) groups is 1. The molecule has 21 heavy (non-hydrogen) atoms. The Balaban J connectivity index is 1.94. The van der Waals surface area contributed by atoms with Gasteiger partial charge in [0.2, 0.25) is 0 Å². The third-order valence-electron chi connectivity index (χ3n) is 5.08. The maximum atomic E-state index is 12.5. The fourth-order valence-corrected chi connectivity index (χ4v) is 3.97. The van der Waals surface area contributed by atoms with Gasteiger partial charge in [0.25, 0.3) is 0 Å². The van der Waals surface area contributed by atoms with Crippen molar-refractivity contribution in [1.29, 1.82) is 0 Å². The minimum Gasteiger partial charge on any atom is -0.464 e. The van der Waals surface area contributed by atoms with Crippen molar-refractivity contribution in [1.82, 2.24) is 5.32 Å². The van der Waals surface area contributed by atoms with Crippen molar-refractivity contribution >= 4 is 5.97 Å². The maximum absolute atomic E-state index is 12.5. The molecule has 1 aliphatic heterocycles. The average Bonchev–Trinajstić information content (AvgIpc) is 2.84. The molecule has 1 N–H and O–H groups in total. The molecule has 1 aliphatic carbocycles. The molecule has 2 aliphatic rings. The summed E-state index contributed by atoms with van der Waals surface area (Å²) in [6, 6.07) is 8.62. The van der Waals surface area contributed by atoms with Crippen molar-refractivity contribution in [3.63, 3.8) is 0 Å². The number of benzene rings is 1. The second-order valence-electron chi connectivity index (χ2n) is 6.45. The van der Waals surface area contributed by atoms with Gasteiger partial charge in [0.1, 0.15) is 5.54 Å². The van der Waals surface area contributed by atoms with Gasteiger partial charge in [-0.2, -0.15) is 0 Å². The van der Waals surface area contributed by atoms with E-state index in [1.54, 1.807) is 0 Å². The monoisotopic (exact) mass is 287 g/mol. The van der Waals surface area contributed by atoms with Gasteiger partial charge in [-0.25, -0.2) is 4.79 Å². The van der Waals surface area contributed by atoms with E-state index in [0.717, 1.165) is 5.56 Å². The minimum atomic E-state index is -0.700. The van der Waals surface area contributed by atoms with Crippen molar-refractivity contribution in [2.45, 2.75) is 57.5 Å². The molecule has 3 nitrogen and oxygen atoms in total. The Hall–Kier alpha value is -1.35. The quantitative estimate of drug-likeness (QED) is 0.862. The number of nitrogens with one attached hydrogen (secondary N) is 1. The number of hydrogen-bond donors (Lipinski definition) is 1. The Morgan fingerprint density at radius 3 is 2.71 bits per heavy atom. The first-order valence-electron chi connectivity index (χ1n) is 8.21. The highest BCUT2D eigenvalue weighted by molar-refractivity contribution is 5.84. The van der Waals surface area contributed by atoms with Crippen molar-refractivity contribution < 1.29 is 9.53 Å². The second kappa shape index (κ2) is 5.80. The largest absolute Gasteiger partial charge is 0.464 e. The number of hydrogen-bond acceptors (Lipinski definition) is 3. The van der Waals surface area contributed by atoms with Crippen LogP contribution in [0.5, 0.6) is 0 Å². The van der Waals surface area contributed by atoms with Gasteiger partial charge in [-0.05, 0) is 43.7 Å². The van der Waals surface area contributed by atoms with Crippen LogP contribution >= 0.6 is 0 Å². The molecule has 1 heterocycles. The van der Waals surface area contributed by atoms with Gasteiger partial charge in [0, 0.05) is 6.04 Å². The molecule has 3 heteroatoms. The van der Waals surface area contributed by atoms with Gasteiger partial charge in [-0.1, -0.05) is 43.5 Å². The van der Waals surface area contributed by atoms with Crippen LogP contribution in [0.4, 0.5) is 0 Å². The highest BCUT2D eigenvalue weighted by Gasteiger charge is 2.48. The van der Waals surface area contributed by atoms with Gasteiger partial charge < -0.3 is 4.74 Å². The van der Waals surface area contributed by atoms with Gasteiger partial charge in [-0.15, -0.1) is 0 Å². The molecular formula is C18H25NO2. The molecule has 3 rings (SSSR count). The number of fused-ring (bicyclic) bond motifs is 1. The third-order valence-corrected chi connectivity index (χ3v) is 5.08. The summed E-state index contributed by atoms with van der Waals surface area (Å²) in [6.45, 7) is 4.25. The summed E-state index contributed by atoms with van der Waals surface area (Å²) in [5.41, 5.74) is 1.69. The van der Waals surface area contributed by atoms with Crippen LogP contribution in [0, 0.1) is 5.92 Å². The van der Waals surface area contributed by atoms with Gasteiger partial charge >= 0.3 is 5.97 Å². The molecule has 0 spiro atoms. The van der Waals surface area contributed by atoms with Gasteiger partial charge in [0.05, 0.1) is 6.61 Å². The number of carbonyl (C=O) groups excluding carboxylic acids is 1. The zero-order valence-electron chi connectivity index (χ0n) is 13.0. The molecule has 0 radical (unpaired) electrons. The predicted molar refractivity (Wildman–Crippen MR) is 82.9 cm³/mol.